The Hall–Kier alpha value is -3.46. The second-order valence-corrected chi connectivity index (χ2v) is 6.63. The van der Waals surface area contributed by atoms with Gasteiger partial charge in [-0.05, 0) is 43.4 Å². The lowest BCUT2D eigenvalue weighted by atomic mass is 10.1. The molecule has 1 heterocycles. The van der Waals surface area contributed by atoms with Gasteiger partial charge < -0.3 is 16.4 Å². The number of carbonyl (C=O) groups is 2. The first-order chi connectivity index (χ1) is 13.4. The Morgan fingerprint density at radius 1 is 1.14 bits per heavy atom. The molecule has 0 fully saturated rings. The molecule has 2 aromatic carbocycles. The Labute approximate surface area is 166 Å². The highest BCUT2D eigenvalue weighted by Crippen LogP contribution is 2.19. The first kappa shape index (κ1) is 19.3. The molecule has 5 N–H and O–H groups in total. The second kappa shape index (κ2) is 8.49. The van der Waals surface area contributed by atoms with Gasteiger partial charge in [-0.2, -0.15) is 5.10 Å². The zero-order valence-electron chi connectivity index (χ0n) is 15.2. The van der Waals surface area contributed by atoms with Crippen molar-refractivity contribution in [1.29, 1.82) is 0 Å². The van der Waals surface area contributed by atoms with E-state index in [2.05, 4.69) is 20.8 Å². The highest BCUT2D eigenvalue weighted by atomic mass is 32.1. The lowest BCUT2D eigenvalue weighted by molar-refractivity contribution is -0.116. The molecule has 0 saturated carbocycles. The Balaban J connectivity index is 1.68. The number of urea groups is 1. The van der Waals surface area contributed by atoms with Crippen LogP contribution in [-0.2, 0) is 11.3 Å². The van der Waals surface area contributed by atoms with Crippen molar-refractivity contribution >= 4 is 35.5 Å². The monoisotopic (exact) mass is 396 g/mol. The fraction of sp³-hybridized carbons (Fsp3) is 0.158. The van der Waals surface area contributed by atoms with Crippen LogP contribution in [0.4, 0.5) is 16.2 Å². The first-order valence-corrected chi connectivity index (χ1v) is 9.02. The molecule has 0 aliphatic carbocycles. The van der Waals surface area contributed by atoms with E-state index in [0.717, 1.165) is 11.1 Å². The summed E-state index contributed by atoms with van der Waals surface area (Å²) in [7, 11) is 0. The van der Waals surface area contributed by atoms with Crippen LogP contribution in [0.3, 0.4) is 0 Å². The normalized spacial score (nSPS) is 10.5. The average molecular weight is 396 g/mol. The summed E-state index contributed by atoms with van der Waals surface area (Å²) in [5.74, 6) is 0.503. The molecule has 1 aromatic heterocycles. The van der Waals surface area contributed by atoms with E-state index in [1.54, 1.807) is 28.8 Å². The SMILES string of the molecule is Cc1cccc(-c2n[nH]c(=S)n2CCC(=O)Nc2cccc(NC(N)=O)c2)c1. The molecule has 0 aliphatic heterocycles. The van der Waals surface area contributed by atoms with Gasteiger partial charge in [0.05, 0.1) is 0 Å². The summed E-state index contributed by atoms with van der Waals surface area (Å²) in [5, 5.41) is 12.3. The van der Waals surface area contributed by atoms with Crippen LogP contribution in [0.2, 0.25) is 0 Å². The Bertz CT molecular complexity index is 1070. The summed E-state index contributed by atoms with van der Waals surface area (Å²) in [6, 6.07) is 14.0. The Morgan fingerprint density at radius 2 is 1.86 bits per heavy atom. The molecule has 0 aliphatic rings. The van der Waals surface area contributed by atoms with E-state index in [-0.39, 0.29) is 12.3 Å². The van der Waals surface area contributed by atoms with Crippen LogP contribution in [0.15, 0.2) is 48.5 Å². The van der Waals surface area contributed by atoms with Crippen LogP contribution in [0.25, 0.3) is 11.4 Å². The molecule has 0 atom stereocenters. The van der Waals surface area contributed by atoms with Gasteiger partial charge in [-0.15, -0.1) is 0 Å². The number of rotatable bonds is 6. The van der Waals surface area contributed by atoms with Crippen LogP contribution in [0.1, 0.15) is 12.0 Å². The molecular weight excluding hydrogens is 376 g/mol. The minimum absolute atomic E-state index is 0.186. The second-order valence-electron chi connectivity index (χ2n) is 6.24. The minimum Gasteiger partial charge on any atom is -0.351 e. The van der Waals surface area contributed by atoms with Gasteiger partial charge in [-0.1, -0.05) is 29.8 Å². The molecule has 28 heavy (non-hydrogen) atoms. The highest BCUT2D eigenvalue weighted by Gasteiger charge is 2.11. The third-order valence-corrected chi connectivity index (χ3v) is 4.32. The van der Waals surface area contributed by atoms with E-state index in [1.807, 2.05) is 31.2 Å². The predicted molar refractivity (Wildman–Crippen MR) is 110 cm³/mol. The number of primary amides is 1. The standard InChI is InChI=1S/C19H20N6O2S/c1-12-4-2-5-13(10-12)17-23-24-19(28)25(17)9-8-16(26)21-14-6-3-7-15(11-14)22-18(20)27/h2-7,10-11H,8-9H2,1H3,(H,21,26)(H,24,28)(H3,20,22,27). The summed E-state index contributed by atoms with van der Waals surface area (Å²) in [6.45, 7) is 2.38. The van der Waals surface area contributed by atoms with Gasteiger partial charge in [-0.25, -0.2) is 4.79 Å². The number of nitrogens with zero attached hydrogens (tertiary/aromatic N) is 2. The summed E-state index contributed by atoms with van der Waals surface area (Å²) >= 11 is 5.31. The van der Waals surface area contributed by atoms with Gasteiger partial charge in [0.15, 0.2) is 10.6 Å². The number of anilines is 2. The van der Waals surface area contributed by atoms with Crippen molar-refractivity contribution in [1.82, 2.24) is 14.8 Å². The summed E-state index contributed by atoms with van der Waals surface area (Å²) in [4.78, 5) is 23.3. The predicted octanol–water partition coefficient (Wildman–Crippen LogP) is 3.44. The van der Waals surface area contributed by atoms with E-state index in [1.165, 1.54) is 0 Å². The van der Waals surface area contributed by atoms with Crippen molar-refractivity contribution < 1.29 is 9.59 Å². The number of hydrogen-bond acceptors (Lipinski definition) is 4. The number of H-pyrrole nitrogens is 1. The number of aromatic nitrogens is 3. The van der Waals surface area contributed by atoms with Crippen molar-refractivity contribution in [3.8, 4) is 11.4 Å². The van der Waals surface area contributed by atoms with Crippen LogP contribution in [0.5, 0.6) is 0 Å². The average Bonchev–Trinajstić information content (AvgIpc) is 3.00. The number of benzene rings is 2. The maximum atomic E-state index is 12.4. The maximum Gasteiger partial charge on any atom is 0.316 e. The van der Waals surface area contributed by atoms with E-state index in [9.17, 15) is 9.59 Å². The number of nitrogens with two attached hydrogens (primary N) is 1. The lowest BCUT2D eigenvalue weighted by Gasteiger charge is -2.09. The summed E-state index contributed by atoms with van der Waals surface area (Å²) < 4.78 is 2.26. The van der Waals surface area contributed by atoms with Crippen LogP contribution < -0.4 is 16.4 Å². The number of aromatic amines is 1. The molecule has 0 bridgehead atoms. The number of aryl methyl sites for hydroxylation is 1. The highest BCUT2D eigenvalue weighted by molar-refractivity contribution is 7.71. The van der Waals surface area contributed by atoms with Crippen molar-refractivity contribution in [3.63, 3.8) is 0 Å². The first-order valence-electron chi connectivity index (χ1n) is 8.61. The van der Waals surface area contributed by atoms with Crippen LogP contribution in [-0.4, -0.2) is 26.7 Å². The zero-order chi connectivity index (χ0) is 20.1. The number of nitrogens with one attached hydrogen (secondary N) is 3. The summed E-state index contributed by atoms with van der Waals surface area (Å²) in [6.07, 6.45) is 0.208. The number of hydrogen-bond donors (Lipinski definition) is 4. The molecule has 3 amide bonds. The van der Waals surface area contributed by atoms with Crippen molar-refractivity contribution in [2.75, 3.05) is 10.6 Å². The summed E-state index contributed by atoms with van der Waals surface area (Å²) in [5.41, 5.74) is 8.21. The van der Waals surface area contributed by atoms with Gasteiger partial charge in [0.2, 0.25) is 5.91 Å². The molecular formula is C19H20N6O2S. The third-order valence-electron chi connectivity index (χ3n) is 4.01. The fourth-order valence-electron chi connectivity index (χ4n) is 2.78. The zero-order valence-corrected chi connectivity index (χ0v) is 16.0. The number of carbonyl (C=O) groups excluding carboxylic acids is 2. The van der Waals surface area contributed by atoms with E-state index >= 15 is 0 Å². The topological polar surface area (TPSA) is 118 Å². The molecule has 0 saturated heterocycles. The van der Waals surface area contributed by atoms with Crippen LogP contribution in [0, 0.1) is 11.7 Å². The van der Waals surface area contributed by atoms with Gasteiger partial charge >= 0.3 is 6.03 Å². The smallest absolute Gasteiger partial charge is 0.316 e. The maximum absolute atomic E-state index is 12.4. The fourth-order valence-corrected chi connectivity index (χ4v) is 3.01. The molecule has 8 nitrogen and oxygen atoms in total. The Morgan fingerprint density at radius 3 is 2.57 bits per heavy atom. The molecule has 0 unspecified atom stereocenters. The third kappa shape index (κ3) is 4.83. The molecule has 0 spiro atoms. The largest absolute Gasteiger partial charge is 0.351 e. The molecule has 144 valence electrons. The van der Waals surface area contributed by atoms with Crippen molar-refractivity contribution in [2.45, 2.75) is 19.9 Å². The lowest BCUT2D eigenvalue weighted by Crippen LogP contribution is -2.19. The van der Waals surface area contributed by atoms with E-state index in [4.69, 9.17) is 18.0 Å². The minimum atomic E-state index is -0.665. The van der Waals surface area contributed by atoms with E-state index < -0.39 is 6.03 Å². The van der Waals surface area contributed by atoms with Gasteiger partial charge in [0, 0.05) is 29.9 Å². The van der Waals surface area contributed by atoms with Gasteiger partial charge in [-0.3, -0.25) is 14.5 Å². The number of amides is 3. The molecule has 3 rings (SSSR count). The quantitative estimate of drug-likeness (QED) is 0.477. The van der Waals surface area contributed by atoms with Crippen LogP contribution >= 0.6 is 12.2 Å². The molecule has 9 heteroatoms. The van der Waals surface area contributed by atoms with E-state index in [0.29, 0.717) is 28.5 Å². The van der Waals surface area contributed by atoms with Gasteiger partial charge in [0.25, 0.3) is 0 Å². The van der Waals surface area contributed by atoms with Crippen molar-refractivity contribution in [2.24, 2.45) is 5.73 Å². The molecule has 3 aromatic rings. The van der Waals surface area contributed by atoms with Gasteiger partial charge in [0.1, 0.15) is 0 Å². The Kier molecular flexibility index (Phi) is 5.85. The van der Waals surface area contributed by atoms with Crippen molar-refractivity contribution in [3.05, 3.63) is 58.9 Å². The molecule has 0 radical (unpaired) electrons.